The first kappa shape index (κ1) is 15.2. The molecular formula is C15H21ClN6. The highest BCUT2D eigenvalue weighted by Crippen LogP contribution is 2.21. The fraction of sp³-hybridized carbons (Fsp3) is 0.533. The summed E-state index contributed by atoms with van der Waals surface area (Å²) >= 11 is 6.58. The van der Waals surface area contributed by atoms with Crippen molar-refractivity contribution in [3.8, 4) is 0 Å². The van der Waals surface area contributed by atoms with Crippen molar-refractivity contribution in [3.05, 3.63) is 36.0 Å². The van der Waals surface area contributed by atoms with Crippen molar-refractivity contribution >= 4 is 17.4 Å². The average molecular weight is 321 g/mol. The van der Waals surface area contributed by atoms with Gasteiger partial charge in [0.2, 0.25) is 0 Å². The Morgan fingerprint density at radius 3 is 2.77 bits per heavy atom. The summed E-state index contributed by atoms with van der Waals surface area (Å²) in [5, 5.41) is 4.41. The molecule has 1 saturated heterocycles. The van der Waals surface area contributed by atoms with Crippen molar-refractivity contribution < 1.29 is 0 Å². The average Bonchev–Trinajstić information content (AvgIpc) is 2.90. The summed E-state index contributed by atoms with van der Waals surface area (Å²) in [4.78, 5) is 12.9. The lowest BCUT2D eigenvalue weighted by atomic mass is 10.2. The number of aryl methyl sites for hydroxylation is 1. The lowest BCUT2D eigenvalue weighted by Crippen LogP contribution is -2.50. The minimum absolute atomic E-state index is 0.0415. The van der Waals surface area contributed by atoms with Crippen LogP contribution in [0.1, 0.15) is 18.2 Å². The van der Waals surface area contributed by atoms with E-state index in [1.165, 1.54) is 11.3 Å². The van der Waals surface area contributed by atoms with Crippen LogP contribution >= 0.6 is 11.6 Å². The molecule has 0 aromatic carbocycles. The minimum atomic E-state index is -0.0415. The SMILES string of the molecule is CCn1ncc(CN2CCN(c3cnccn3)CC2Cl)c1C. The summed E-state index contributed by atoms with van der Waals surface area (Å²) in [6.45, 7) is 8.52. The zero-order valence-electron chi connectivity index (χ0n) is 13.0. The van der Waals surface area contributed by atoms with Gasteiger partial charge in [-0.25, -0.2) is 4.98 Å². The number of hydrogen-bond donors (Lipinski definition) is 0. The number of halogens is 1. The molecule has 1 fully saturated rings. The number of alkyl halides is 1. The van der Waals surface area contributed by atoms with Crippen molar-refractivity contribution in [2.45, 2.75) is 32.4 Å². The minimum Gasteiger partial charge on any atom is -0.351 e. The van der Waals surface area contributed by atoms with E-state index in [0.717, 1.165) is 38.5 Å². The summed E-state index contributed by atoms with van der Waals surface area (Å²) in [7, 11) is 0. The number of rotatable bonds is 4. The molecule has 3 heterocycles. The molecule has 0 radical (unpaired) electrons. The molecule has 2 aromatic rings. The number of hydrogen-bond acceptors (Lipinski definition) is 5. The molecule has 1 aliphatic rings. The number of piperazine rings is 1. The van der Waals surface area contributed by atoms with Crippen LogP contribution in [0, 0.1) is 6.92 Å². The second-order valence-electron chi connectivity index (χ2n) is 5.49. The molecule has 0 bridgehead atoms. The molecule has 0 spiro atoms. The quantitative estimate of drug-likeness (QED) is 0.636. The molecule has 1 aliphatic heterocycles. The molecule has 0 amide bonds. The monoisotopic (exact) mass is 320 g/mol. The fourth-order valence-corrected chi connectivity index (χ4v) is 3.13. The molecule has 1 atom stereocenters. The molecule has 6 nitrogen and oxygen atoms in total. The van der Waals surface area contributed by atoms with Gasteiger partial charge in [0.1, 0.15) is 11.3 Å². The first-order valence-electron chi connectivity index (χ1n) is 7.59. The van der Waals surface area contributed by atoms with Crippen LogP contribution in [-0.2, 0) is 13.1 Å². The number of anilines is 1. The van der Waals surface area contributed by atoms with Crippen LogP contribution < -0.4 is 4.90 Å². The van der Waals surface area contributed by atoms with Crippen molar-refractivity contribution in [3.63, 3.8) is 0 Å². The molecule has 3 rings (SSSR count). The Kier molecular flexibility index (Phi) is 4.59. The zero-order chi connectivity index (χ0) is 15.5. The normalized spacial score (nSPS) is 19.6. The van der Waals surface area contributed by atoms with E-state index in [-0.39, 0.29) is 5.50 Å². The highest BCUT2D eigenvalue weighted by molar-refractivity contribution is 6.20. The molecule has 2 aromatic heterocycles. The van der Waals surface area contributed by atoms with Crippen LogP contribution in [-0.4, -0.2) is 49.8 Å². The van der Waals surface area contributed by atoms with Crippen molar-refractivity contribution in [2.75, 3.05) is 24.5 Å². The molecular weight excluding hydrogens is 300 g/mol. The molecule has 0 N–H and O–H groups in total. The zero-order valence-corrected chi connectivity index (χ0v) is 13.7. The van der Waals surface area contributed by atoms with Crippen LogP contribution in [0.25, 0.3) is 0 Å². The fourth-order valence-electron chi connectivity index (χ4n) is 2.80. The molecule has 0 saturated carbocycles. The molecule has 22 heavy (non-hydrogen) atoms. The van der Waals surface area contributed by atoms with Crippen LogP contribution in [0.15, 0.2) is 24.8 Å². The maximum atomic E-state index is 6.58. The van der Waals surface area contributed by atoms with Crippen LogP contribution in [0.5, 0.6) is 0 Å². The van der Waals surface area contributed by atoms with Gasteiger partial charge in [-0.3, -0.25) is 14.6 Å². The predicted molar refractivity (Wildman–Crippen MR) is 86.9 cm³/mol. The summed E-state index contributed by atoms with van der Waals surface area (Å²) in [5.74, 6) is 0.891. The Labute approximate surface area is 135 Å². The molecule has 118 valence electrons. The Hall–Kier alpha value is -1.66. The second-order valence-corrected chi connectivity index (χ2v) is 5.99. The smallest absolute Gasteiger partial charge is 0.147 e. The second kappa shape index (κ2) is 6.62. The van der Waals surface area contributed by atoms with Gasteiger partial charge in [-0.2, -0.15) is 5.10 Å². The van der Waals surface area contributed by atoms with Gasteiger partial charge >= 0.3 is 0 Å². The first-order chi connectivity index (χ1) is 10.7. The Bertz CT molecular complexity index is 614. The standard InChI is InChI=1S/C15H21ClN6/c1-3-22-12(2)13(8-19-22)10-20-6-7-21(11-14(20)16)15-9-17-4-5-18-15/h4-5,8-9,14H,3,6-7,10-11H2,1-2H3. The highest BCUT2D eigenvalue weighted by atomic mass is 35.5. The van der Waals surface area contributed by atoms with Gasteiger partial charge in [-0.05, 0) is 13.8 Å². The lowest BCUT2D eigenvalue weighted by molar-refractivity contribution is 0.221. The Morgan fingerprint density at radius 1 is 1.27 bits per heavy atom. The van der Waals surface area contributed by atoms with Gasteiger partial charge < -0.3 is 4.90 Å². The van der Waals surface area contributed by atoms with E-state index in [4.69, 9.17) is 11.6 Å². The maximum Gasteiger partial charge on any atom is 0.147 e. The van der Waals surface area contributed by atoms with Gasteiger partial charge in [0.05, 0.1) is 12.4 Å². The van der Waals surface area contributed by atoms with Crippen LogP contribution in [0.2, 0.25) is 0 Å². The third-order valence-corrected chi connectivity index (χ3v) is 4.59. The van der Waals surface area contributed by atoms with E-state index in [2.05, 4.69) is 38.7 Å². The summed E-state index contributed by atoms with van der Waals surface area (Å²) in [6.07, 6.45) is 7.14. The third-order valence-electron chi connectivity index (χ3n) is 4.18. The van der Waals surface area contributed by atoms with Crippen molar-refractivity contribution in [2.24, 2.45) is 0 Å². The maximum absolute atomic E-state index is 6.58. The third kappa shape index (κ3) is 3.08. The first-order valence-corrected chi connectivity index (χ1v) is 8.03. The lowest BCUT2D eigenvalue weighted by Gasteiger charge is -2.38. The Morgan fingerprint density at radius 2 is 2.14 bits per heavy atom. The van der Waals surface area contributed by atoms with Crippen LogP contribution in [0.4, 0.5) is 5.82 Å². The number of nitrogens with zero attached hydrogens (tertiary/aromatic N) is 6. The largest absolute Gasteiger partial charge is 0.351 e. The summed E-state index contributed by atoms with van der Waals surface area (Å²) in [5.41, 5.74) is 2.43. The van der Waals surface area contributed by atoms with Gasteiger partial charge in [0.25, 0.3) is 0 Å². The van der Waals surface area contributed by atoms with Gasteiger partial charge in [-0.1, -0.05) is 0 Å². The highest BCUT2D eigenvalue weighted by Gasteiger charge is 2.26. The van der Waals surface area contributed by atoms with E-state index < -0.39 is 0 Å². The molecule has 1 unspecified atom stereocenters. The summed E-state index contributed by atoms with van der Waals surface area (Å²) < 4.78 is 2.02. The van der Waals surface area contributed by atoms with Gasteiger partial charge in [0.15, 0.2) is 0 Å². The summed E-state index contributed by atoms with van der Waals surface area (Å²) in [6, 6.07) is 0. The molecule has 0 aliphatic carbocycles. The van der Waals surface area contributed by atoms with E-state index in [0.29, 0.717) is 0 Å². The predicted octanol–water partition coefficient (Wildman–Crippen LogP) is 1.89. The van der Waals surface area contributed by atoms with E-state index >= 15 is 0 Å². The van der Waals surface area contributed by atoms with Gasteiger partial charge in [0, 0.05) is 56.4 Å². The van der Waals surface area contributed by atoms with Crippen molar-refractivity contribution in [1.82, 2.24) is 24.6 Å². The van der Waals surface area contributed by atoms with E-state index in [9.17, 15) is 0 Å². The molecule has 7 heteroatoms. The van der Waals surface area contributed by atoms with E-state index in [1.807, 2.05) is 10.9 Å². The van der Waals surface area contributed by atoms with Crippen molar-refractivity contribution in [1.29, 1.82) is 0 Å². The Balaban J connectivity index is 1.64. The number of aromatic nitrogens is 4. The van der Waals surface area contributed by atoms with E-state index in [1.54, 1.807) is 18.6 Å². The topological polar surface area (TPSA) is 50.1 Å². The van der Waals surface area contributed by atoms with Crippen LogP contribution in [0.3, 0.4) is 0 Å². The van der Waals surface area contributed by atoms with Gasteiger partial charge in [-0.15, -0.1) is 11.6 Å².